The van der Waals surface area contributed by atoms with E-state index in [0.717, 1.165) is 54.5 Å². The van der Waals surface area contributed by atoms with Gasteiger partial charge in [-0.3, -0.25) is 14.7 Å². The Bertz CT molecular complexity index is 972. The van der Waals surface area contributed by atoms with Crippen LogP contribution in [0.2, 0.25) is 5.02 Å². The normalized spacial score (nSPS) is 15.0. The number of hydrogen-bond donors (Lipinski definition) is 1. The first-order valence-corrected chi connectivity index (χ1v) is 9.80. The molecular weight excluding hydrogens is 374 g/mol. The summed E-state index contributed by atoms with van der Waals surface area (Å²) in [7, 11) is 0. The van der Waals surface area contributed by atoms with Crippen LogP contribution in [0.3, 0.4) is 0 Å². The number of amides is 1. The molecule has 0 spiro atoms. The Morgan fingerprint density at radius 2 is 1.82 bits per heavy atom. The van der Waals surface area contributed by atoms with E-state index in [1.165, 1.54) is 6.20 Å². The van der Waals surface area contributed by atoms with E-state index in [0.29, 0.717) is 12.2 Å². The fourth-order valence-electron chi connectivity index (χ4n) is 3.39. The van der Waals surface area contributed by atoms with Crippen molar-refractivity contribution in [1.82, 2.24) is 20.2 Å². The fourth-order valence-corrected chi connectivity index (χ4v) is 3.57. The third-order valence-electron chi connectivity index (χ3n) is 4.94. The molecular formula is C21H22ClN5O. The Morgan fingerprint density at radius 3 is 2.61 bits per heavy atom. The van der Waals surface area contributed by atoms with Crippen molar-refractivity contribution < 1.29 is 4.79 Å². The molecule has 1 saturated heterocycles. The number of fused-ring (bicyclic) bond motifs is 1. The van der Waals surface area contributed by atoms with E-state index in [4.69, 9.17) is 11.6 Å². The van der Waals surface area contributed by atoms with Gasteiger partial charge in [0, 0.05) is 50.0 Å². The molecule has 1 amide bonds. The summed E-state index contributed by atoms with van der Waals surface area (Å²) < 4.78 is 0. The summed E-state index contributed by atoms with van der Waals surface area (Å²) in [4.78, 5) is 25.7. The molecule has 0 aliphatic carbocycles. The zero-order valence-corrected chi connectivity index (χ0v) is 16.3. The van der Waals surface area contributed by atoms with Crippen LogP contribution in [-0.4, -0.2) is 60.0 Å². The lowest BCUT2D eigenvalue weighted by Crippen LogP contribution is -2.48. The van der Waals surface area contributed by atoms with Crippen LogP contribution in [0.25, 0.3) is 11.0 Å². The van der Waals surface area contributed by atoms with Gasteiger partial charge in [0.1, 0.15) is 5.69 Å². The number of rotatable bonds is 5. The minimum atomic E-state index is -0.184. The molecule has 3 aromatic rings. The maximum absolute atomic E-state index is 12.3. The van der Waals surface area contributed by atoms with Gasteiger partial charge in [-0.25, -0.2) is 4.98 Å². The lowest BCUT2D eigenvalue weighted by Gasteiger charge is -2.36. The predicted octanol–water partition coefficient (Wildman–Crippen LogP) is 2.84. The van der Waals surface area contributed by atoms with Gasteiger partial charge >= 0.3 is 0 Å². The Morgan fingerprint density at radius 1 is 1.04 bits per heavy atom. The van der Waals surface area contributed by atoms with E-state index < -0.39 is 0 Å². The van der Waals surface area contributed by atoms with Crippen LogP contribution in [0.5, 0.6) is 0 Å². The van der Waals surface area contributed by atoms with Crippen LogP contribution in [-0.2, 0) is 0 Å². The second-order valence-electron chi connectivity index (χ2n) is 6.81. The van der Waals surface area contributed by atoms with Crippen molar-refractivity contribution in [3.8, 4) is 0 Å². The predicted molar refractivity (Wildman–Crippen MR) is 112 cm³/mol. The summed E-state index contributed by atoms with van der Waals surface area (Å²) in [5.41, 5.74) is 3.03. The molecule has 2 aromatic carbocycles. The first-order valence-electron chi connectivity index (χ1n) is 9.42. The molecule has 0 radical (unpaired) electrons. The summed E-state index contributed by atoms with van der Waals surface area (Å²) in [6, 6.07) is 15.5. The lowest BCUT2D eigenvalue weighted by atomic mass is 10.2. The Hall–Kier alpha value is -2.70. The summed E-state index contributed by atoms with van der Waals surface area (Å²) in [5, 5.41) is 3.71. The van der Waals surface area contributed by atoms with Crippen LogP contribution in [0.1, 0.15) is 10.5 Å². The lowest BCUT2D eigenvalue weighted by molar-refractivity contribution is 0.0943. The minimum absolute atomic E-state index is 0.184. The first kappa shape index (κ1) is 18.7. The molecule has 2 heterocycles. The van der Waals surface area contributed by atoms with E-state index in [9.17, 15) is 4.79 Å². The number of nitrogens with zero attached hydrogens (tertiary/aromatic N) is 4. The van der Waals surface area contributed by atoms with Crippen LogP contribution in [0.4, 0.5) is 5.69 Å². The van der Waals surface area contributed by atoms with Gasteiger partial charge in [-0.05, 0) is 30.3 Å². The number of benzene rings is 2. The summed E-state index contributed by atoms with van der Waals surface area (Å²) in [6.45, 7) is 5.21. The van der Waals surface area contributed by atoms with Crippen LogP contribution in [0, 0.1) is 0 Å². The number of hydrogen-bond acceptors (Lipinski definition) is 5. The van der Waals surface area contributed by atoms with Crippen molar-refractivity contribution >= 4 is 34.2 Å². The quantitative estimate of drug-likeness (QED) is 0.719. The van der Waals surface area contributed by atoms with Gasteiger partial charge in [0.25, 0.3) is 5.91 Å². The van der Waals surface area contributed by atoms with E-state index in [1.54, 1.807) is 0 Å². The first-order chi connectivity index (χ1) is 13.7. The summed E-state index contributed by atoms with van der Waals surface area (Å²) in [5.74, 6) is -0.184. The van der Waals surface area contributed by atoms with Gasteiger partial charge in [-0.1, -0.05) is 29.8 Å². The number of aromatic nitrogens is 2. The SMILES string of the molecule is O=C(NCCN1CCN(c2cccc(Cl)c2)CC1)c1cnc2ccccc2n1. The third kappa shape index (κ3) is 4.40. The van der Waals surface area contributed by atoms with Gasteiger partial charge in [0.2, 0.25) is 0 Å². The van der Waals surface area contributed by atoms with E-state index in [-0.39, 0.29) is 5.91 Å². The second kappa shape index (κ2) is 8.54. The van der Waals surface area contributed by atoms with Crippen molar-refractivity contribution in [3.63, 3.8) is 0 Å². The monoisotopic (exact) mass is 395 g/mol. The molecule has 1 N–H and O–H groups in total. The van der Waals surface area contributed by atoms with Crippen molar-refractivity contribution in [3.05, 3.63) is 65.4 Å². The Kier molecular flexibility index (Phi) is 5.69. The largest absolute Gasteiger partial charge is 0.369 e. The number of carbonyl (C=O) groups is 1. The van der Waals surface area contributed by atoms with Gasteiger partial charge < -0.3 is 10.2 Å². The molecule has 6 nitrogen and oxygen atoms in total. The van der Waals surface area contributed by atoms with Gasteiger partial charge in [-0.2, -0.15) is 0 Å². The average Bonchev–Trinajstić information content (AvgIpc) is 2.74. The Labute approximate surface area is 169 Å². The van der Waals surface area contributed by atoms with Crippen molar-refractivity contribution in [1.29, 1.82) is 0 Å². The molecule has 4 rings (SSSR count). The number of anilines is 1. The van der Waals surface area contributed by atoms with Crippen molar-refractivity contribution in [2.75, 3.05) is 44.2 Å². The highest BCUT2D eigenvalue weighted by molar-refractivity contribution is 6.30. The maximum Gasteiger partial charge on any atom is 0.271 e. The molecule has 0 unspecified atom stereocenters. The summed E-state index contributed by atoms with van der Waals surface area (Å²) in [6.07, 6.45) is 1.53. The molecule has 1 aliphatic heterocycles. The molecule has 0 saturated carbocycles. The average molecular weight is 396 g/mol. The van der Waals surface area contributed by atoms with E-state index in [1.807, 2.05) is 42.5 Å². The van der Waals surface area contributed by atoms with Gasteiger partial charge in [0.05, 0.1) is 17.2 Å². The molecule has 1 aromatic heterocycles. The molecule has 1 fully saturated rings. The minimum Gasteiger partial charge on any atom is -0.369 e. The van der Waals surface area contributed by atoms with Crippen LogP contribution < -0.4 is 10.2 Å². The maximum atomic E-state index is 12.3. The standard InChI is InChI=1S/C21H22ClN5O/c22-16-4-3-5-17(14-16)27-12-10-26(11-13-27)9-8-23-21(28)20-15-24-18-6-1-2-7-19(18)25-20/h1-7,14-15H,8-13H2,(H,23,28). The zero-order chi connectivity index (χ0) is 19.3. The van der Waals surface area contributed by atoms with Gasteiger partial charge in [0.15, 0.2) is 0 Å². The fraction of sp³-hybridized carbons (Fsp3) is 0.286. The second-order valence-corrected chi connectivity index (χ2v) is 7.24. The number of nitrogens with one attached hydrogen (secondary N) is 1. The number of piperazine rings is 1. The molecule has 7 heteroatoms. The smallest absolute Gasteiger partial charge is 0.271 e. The number of carbonyl (C=O) groups excluding carboxylic acids is 1. The highest BCUT2D eigenvalue weighted by atomic mass is 35.5. The molecule has 1 aliphatic rings. The van der Waals surface area contributed by atoms with E-state index >= 15 is 0 Å². The summed E-state index contributed by atoms with van der Waals surface area (Å²) >= 11 is 6.09. The number of para-hydroxylation sites is 2. The third-order valence-corrected chi connectivity index (χ3v) is 5.18. The number of halogens is 1. The van der Waals surface area contributed by atoms with Crippen LogP contribution >= 0.6 is 11.6 Å². The van der Waals surface area contributed by atoms with Gasteiger partial charge in [-0.15, -0.1) is 0 Å². The molecule has 0 bridgehead atoms. The molecule has 28 heavy (non-hydrogen) atoms. The van der Waals surface area contributed by atoms with Crippen molar-refractivity contribution in [2.45, 2.75) is 0 Å². The topological polar surface area (TPSA) is 61.4 Å². The van der Waals surface area contributed by atoms with Crippen LogP contribution in [0.15, 0.2) is 54.7 Å². The van der Waals surface area contributed by atoms with Crippen molar-refractivity contribution in [2.24, 2.45) is 0 Å². The highest BCUT2D eigenvalue weighted by Crippen LogP contribution is 2.20. The molecule has 0 atom stereocenters. The molecule has 144 valence electrons. The Balaban J connectivity index is 1.24. The zero-order valence-electron chi connectivity index (χ0n) is 15.5. The van der Waals surface area contributed by atoms with E-state index in [2.05, 4.69) is 31.2 Å². The highest BCUT2D eigenvalue weighted by Gasteiger charge is 2.17.